The van der Waals surface area contributed by atoms with Gasteiger partial charge < -0.3 is 8.82 Å². The number of hydrogen-bond acceptors (Lipinski definition) is 4. The summed E-state index contributed by atoms with van der Waals surface area (Å²) in [5.41, 5.74) is 2.81. The average Bonchev–Trinajstić information content (AvgIpc) is 2.92. The first-order valence-corrected chi connectivity index (χ1v) is 5.56. The molecule has 0 fully saturated rings. The minimum absolute atomic E-state index is 0.501. The lowest BCUT2D eigenvalue weighted by Crippen LogP contribution is -1.85. The summed E-state index contributed by atoms with van der Waals surface area (Å²) in [6.45, 7) is 3.76. The Morgan fingerprint density at radius 1 is 1.33 bits per heavy atom. The second-order valence-corrected chi connectivity index (χ2v) is 4.13. The molecule has 18 heavy (non-hydrogen) atoms. The highest BCUT2D eigenvalue weighted by Gasteiger charge is 2.12. The van der Waals surface area contributed by atoms with Crippen molar-refractivity contribution in [2.45, 2.75) is 13.8 Å². The fourth-order valence-corrected chi connectivity index (χ4v) is 1.76. The molecule has 0 aromatic carbocycles. The zero-order valence-electron chi connectivity index (χ0n) is 10.0. The summed E-state index contributed by atoms with van der Waals surface area (Å²) in [6.07, 6.45) is 4.42. The summed E-state index contributed by atoms with van der Waals surface area (Å²) < 4.78 is 7.36. The highest BCUT2D eigenvalue weighted by molar-refractivity contribution is 5.77. The number of pyridine rings is 1. The van der Waals surface area contributed by atoms with Crippen molar-refractivity contribution in [2.75, 3.05) is 0 Å². The molecule has 0 N–H and O–H groups in total. The molecule has 5 heteroatoms. The molecule has 5 nitrogen and oxygen atoms in total. The SMILES string of the molecule is Cc1nc(-c2cn3ccc(C=O)cc3n2)oc1C. The van der Waals surface area contributed by atoms with Crippen LogP contribution in [0.3, 0.4) is 0 Å². The van der Waals surface area contributed by atoms with Gasteiger partial charge in [0.15, 0.2) is 0 Å². The van der Waals surface area contributed by atoms with Gasteiger partial charge in [0.05, 0.1) is 5.69 Å². The number of carbonyl (C=O) groups excluding carboxylic acids is 1. The van der Waals surface area contributed by atoms with Crippen LogP contribution in [0.1, 0.15) is 21.8 Å². The van der Waals surface area contributed by atoms with Crippen LogP contribution >= 0.6 is 0 Å². The van der Waals surface area contributed by atoms with Gasteiger partial charge in [-0.15, -0.1) is 0 Å². The van der Waals surface area contributed by atoms with Gasteiger partial charge in [-0.3, -0.25) is 4.79 Å². The third-order valence-electron chi connectivity index (χ3n) is 2.87. The van der Waals surface area contributed by atoms with E-state index in [0.717, 1.165) is 17.7 Å². The van der Waals surface area contributed by atoms with Crippen LogP contribution in [0, 0.1) is 13.8 Å². The van der Waals surface area contributed by atoms with Crippen molar-refractivity contribution < 1.29 is 9.21 Å². The standard InChI is InChI=1S/C13H11N3O2/c1-8-9(2)18-13(14-8)11-6-16-4-3-10(7-17)5-12(16)15-11/h3-7H,1-2H3. The van der Waals surface area contributed by atoms with Gasteiger partial charge in [0.25, 0.3) is 0 Å². The molecule has 0 aliphatic heterocycles. The molecule has 0 saturated carbocycles. The van der Waals surface area contributed by atoms with Gasteiger partial charge in [0.1, 0.15) is 23.4 Å². The van der Waals surface area contributed by atoms with Crippen molar-refractivity contribution in [2.24, 2.45) is 0 Å². The van der Waals surface area contributed by atoms with Crippen LogP contribution < -0.4 is 0 Å². The summed E-state index contributed by atoms with van der Waals surface area (Å²) in [7, 11) is 0. The van der Waals surface area contributed by atoms with Crippen molar-refractivity contribution in [1.29, 1.82) is 0 Å². The molecule has 0 spiro atoms. The highest BCUT2D eigenvalue weighted by Crippen LogP contribution is 2.21. The third-order valence-corrected chi connectivity index (χ3v) is 2.87. The Bertz CT molecular complexity index is 720. The van der Waals surface area contributed by atoms with Crippen molar-refractivity contribution in [3.8, 4) is 11.6 Å². The Morgan fingerprint density at radius 3 is 2.83 bits per heavy atom. The van der Waals surface area contributed by atoms with Gasteiger partial charge in [-0.25, -0.2) is 9.97 Å². The molecule has 3 aromatic heterocycles. The number of imidazole rings is 1. The third kappa shape index (κ3) is 1.60. The van der Waals surface area contributed by atoms with E-state index in [9.17, 15) is 4.79 Å². The van der Waals surface area contributed by atoms with E-state index in [1.54, 1.807) is 18.3 Å². The minimum atomic E-state index is 0.501. The van der Waals surface area contributed by atoms with Gasteiger partial charge in [0.2, 0.25) is 5.89 Å². The molecule has 3 aromatic rings. The molecule has 0 aliphatic carbocycles. The van der Waals surface area contributed by atoms with Crippen molar-refractivity contribution in [1.82, 2.24) is 14.4 Å². The van der Waals surface area contributed by atoms with Gasteiger partial charge in [-0.1, -0.05) is 0 Å². The number of aromatic nitrogens is 3. The maximum absolute atomic E-state index is 10.7. The van der Waals surface area contributed by atoms with E-state index in [1.807, 2.05) is 24.4 Å². The molecular formula is C13H11N3O2. The molecular weight excluding hydrogens is 230 g/mol. The Balaban J connectivity index is 2.15. The minimum Gasteiger partial charge on any atom is -0.440 e. The van der Waals surface area contributed by atoms with Gasteiger partial charge in [0, 0.05) is 18.0 Å². The lowest BCUT2D eigenvalue weighted by atomic mass is 10.3. The Morgan fingerprint density at radius 2 is 2.17 bits per heavy atom. The second kappa shape index (κ2) is 3.80. The van der Waals surface area contributed by atoms with Crippen LogP contribution in [0.25, 0.3) is 17.2 Å². The lowest BCUT2D eigenvalue weighted by molar-refractivity contribution is 0.112. The quantitative estimate of drug-likeness (QED) is 0.646. The highest BCUT2D eigenvalue weighted by atomic mass is 16.4. The van der Waals surface area contributed by atoms with Crippen LogP contribution in [-0.2, 0) is 0 Å². The number of aldehydes is 1. The van der Waals surface area contributed by atoms with Gasteiger partial charge in [-0.05, 0) is 26.0 Å². The second-order valence-electron chi connectivity index (χ2n) is 4.13. The molecule has 3 rings (SSSR count). The maximum atomic E-state index is 10.7. The number of nitrogens with zero attached hydrogens (tertiary/aromatic N) is 3. The zero-order valence-corrected chi connectivity index (χ0v) is 10.0. The first-order valence-electron chi connectivity index (χ1n) is 5.56. The van der Waals surface area contributed by atoms with E-state index < -0.39 is 0 Å². The van der Waals surface area contributed by atoms with Crippen LogP contribution in [-0.4, -0.2) is 20.7 Å². The summed E-state index contributed by atoms with van der Waals surface area (Å²) >= 11 is 0. The molecule has 90 valence electrons. The van der Waals surface area contributed by atoms with Crippen LogP contribution in [0.15, 0.2) is 28.9 Å². The van der Waals surface area contributed by atoms with E-state index in [-0.39, 0.29) is 0 Å². The van der Waals surface area contributed by atoms with E-state index >= 15 is 0 Å². The van der Waals surface area contributed by atoms with Crippen molar-refractivity contribution >= 4 is 11.9 Å². The Hall–Kier alpha value is -2.43. The normalized spacial score (nSPS) is 11.0. The number of hydrogen-bond donors (Lipinski definition) is 0. The number of carbonyl (C=O) groups is 1. The van der Waals surface area contributed by atoms with Crippen molar-refractivity contribution in [3.63, 3.8) is 0 Å². The predicted molar refractivity (Wildman–Crippen MR) is 65.6 cm³/mol. The topological polar surface area (TPSA) is 60.4 Å². The van der Waals surface area contributed by atoms with Gasteiger partial charge >= 0.3 is 0 Å². The smallest absolute Gasteiger partial charge is 0.247 e. The van der Waals surface area contributed by atoms with E-state index in [0.29, 0.717) is 22.8 Å². The fourth-order valence-electron chi connectivity index (χ4n) is 1.76. The molecule has 3 heterocycles. The van der Waals surface area contributed by atoms with E-state index in [1.165, 1.54) is 0 Å². The number of oxazole rings is 1. The summed E-state index contributed by atoms with van der Waals surface area (Å²) in [4.78, 5) is 19.4. The number of aryl methyl sites for hydroxylation is 2. The average molecular weight is 241 g/mol. The number of rotatable bonds is 2. The molecule has 0 atom stereocenters. The summed E-state index contributed by atoms with van der Waals surface area (Å²) in [5, 5.41) is 0. The molecule has 0 amide bonds. The monoisotopic (exact) mass is 241 g/mol. The summed E-state index contributed by atoms with van der Waals surface area (Å²) in [5.74, 6) is 1.29. The van der Waals surface area contributed by atoms with Crippen molar-refractivity contribution in [3.05, 3.63) is 41.5 Å². The van der Waals surface area contributed by atoms with Gasteiger partial charge in [-0.2, -0.15) is 0 Å². The maximum Gasteiger partial charge on any atom is 0.247 e. The molecule has 0 unspecified atom stereocenters. The van der Waals surface area contributed by atoms with E-state index in [2.05, 4.69) is 9.97 Å². The molecule has 0 bridgehead atoms. The van der Waals surface area contributed by atoms with Crippen LogP contribution in [0.2, 0.25) is 0 Å². The Labute approximate surface area is 103 Å². The van der Waals surface area contributed by atoms with Crippen LogP contribution in [0.5, 0.6) is 0 Å². The molecule has 0 aliphatic rings. The number of fused-ring (bicyclic) bond motifs is 1. The molecule has 0 saturated heterocycles. The molecule has 0 radical (unpaired) electrons. The predicted octanol–water partition coefficient (Wildman–Crippen LogP) is 2.42. The summed E-state index contributed by atoms with van der Waals surface area (Å²) in [6, 6.07) is 3.46. The largest absolute Gasteiger partial charge is 0.440 e. The fraction of sp³-hybridized carbons (Fsp3) is 0.154. The first kappa shape index (κ1) is 10.7. The lowest BCUT2D eigenvalue weighted by Gasteiger charge is -1.91. The Kier molecular flexibility index (Phi) is 2.26. The first-order chi connectivity index (χ1) is 8.67. The van der Waals surface area contributed by atoms with Crippen LogP contribution in [0.4, 0.5) is 0 Å². The zero-order chi connectivity index (χ0) is 12.7. The van der Waals surface area contributed by atoms with E-state index in [4.69, 9.17) is 4.42 Å².